The molecule has 3 nitrogen and oxygen atoms in total. The number of carbonyl (C=O) groups excluding carboxylic acids is 1. The Balaban J connectivity index is 1.99. The van der Waals surface area contributed by atoms with Crippen LogP contribution in [0, 0.1) is 0 Å². The van der Waals surface area contributed by atoms with Gasteiger partial charge in [0.05, 0.1) is 0 Å². The molecule has 4 rings (SSSR count). The molecule has 0 unspecified atom stereocenters. The Bertz CT molecular complexity index is 1160. The first-order valence-electron chi connectivity index (χ1n) is 9.16. The van der Waals surface area contributed by atoms with Crippen LogP contribution in [0.5, 0.6) is 17.2 Å². The van der Waals surface area contributed by atoms with Gasteiger partial charge in [-0.2, -0.15) is 0 Å². The number of halogens is 2. The fraction of sp³-hybridized carbons (Fsp3) is 0.125. The lowest BCUT2D eigenvalue weighted by molar-refractivity contribution is -0.130. The molecule has 0 saturated heterocycles. The molecule has 1 aliphatic carbocycles. The molecule has 0 aromatic heterocycles. The summed E-state index contributed by atoms with van der Waals surface area (Å²) in [5.74, 6) is 1.40. The van der Waals surface area contributed by atoms with E-state index in [2.05, 4.69) is 6.58 Å². The van der Waals surface area contributed by atoms with Crippen LogP contribution < -0.4 is 9.47 Å². The number of allylic oxidation sites excluding steroid dienone is 2. The van der Waals surface area contributed by atoms with Crippen molar-refractivity contribution in [2.75, 3.05) is 0 Å². The van der Waals surface area contributed by atoms with Crippen LogP contribution in [0.4, 0.5) is 0 Å². The number of hydrogen-bond donors (Lipinski definition) is 0. The zero-order chi connectivity index (χ0) is 20.5. The van der Waals surface area contributed by atoms with E-state index in [0.717, 1.165) is 21.9 Å². The summed E-state index contributed by atoms with van der Waals surface area (Å²) in [4.78, 5) is 12.3. The molecule has 0 atom stereocenters. The Morgan fingerprint density at radius 1 is 1.00 bits per heavy atom. The predicted molar refractivity (Wildman–Crippen MR) is 117 cm³/mol. The minimum Gasteiger partial charge on any atom is -0.456 e. The molecule has 0 saturated carbocycles. The van der Waals surface area contributed by atoms with Gasteiger partial charge < -0.3 is 9.47 Å². The van der Waals surface area contributed by atoms with Crippen molar-refractivity contribution < 1.29 is 14.3 Å². The summed E-state index contributed by atoms with van der Waals surface area (Å²) in [7, 11) is 0. The number of carbonyl (C=O) groups is 1. The molecule has 0 heterocycles. The fourth-order valence-electron chi connectivity index (χ4n) is 3.38. The van der Waals surface area contributed by atoms with Crippen molar-refractivity contribution in [1.29, 1.82) is 0 Å². The molecule has 29 heavy (non-hydrogen) atoms. The van der Waals surface area contributed by atoms with E-state index in [9.17, 15) is 4.79 Å². The highest BCUT2D eigenvalue weighted by Gasteiger charge is 2.26. The van der Waals surface area contributed by atoms with Gasteiger partial charge in [0.15, 0.2) is 0 Å². The molecule has 0 fully saturated rings. The van der Waals surface area contributed by atoms with E-state index in [1.165, 1.54) is 0 Å². The van der Waals surface area contributed by atoms with Gasteiger partial charge in [0.1, 0.15) is 17.2 Å². The van der Waals surface area contributed by atoms with Crippen LogP contribution in [0.1, 0.15) is 18.1 Å². The molecule has 1 aliphatic rings. The van der Waals surface area contributed by atoms with Gasteiger partial charge in [-0.05, 0) is 43.7 Å². The maximum atomic E-state index is 12.3. The second kappa shape index (κ2) is 7.94. The topological polar surface area (TPSA) is 35.5 Å². The van der Waals surface area contributed by atoms with Gasteiger partial charge in [0.25, 0.3) is 0 Å². The molecular formula is C24H18Cl2O3. The third kappa shape index (κ3) is 3.89. The zero-order valence-corrected chi connectivity index (χ0v) is 17.3. The number of hydrogen-bond acceptors (Lipinski definition) is 3. The van der Waals surface area contributed by atoms with E-state index in [0.29, 0.717) is 45.7 Å². The third-order valence-corrected chi connectivity index (χ3v) is 5.29. The monoisotopic (exact) mass is 424 g/mol. The second-order valence-corrected chi connectivity index (χ2v) is 7.84. The smallest absolute Gasteiger partial charge is 0.338 e. The Kier molecular flexibility index (Phi) is 5.35. The maximum absolute atomic E-state index is 12.3. The average molecular weight is 425 g/mol. The highest BCUT2D eigenvalue weighted by molar-refractivity contribution is 6.31. The summed E-state index contributed by atoms with van der Waals surface area (Å²) in [5, 5.41) is 2.78. The molecule has 0 radical (unpaired) electrons. The number of benzene rings is 3. The molecule has 0 amide bonds. The number of rotatable bonds is 4. The Morgan fingerprint density at radius 2 is 1.76 bits per heavy atom. The van der Waals surface area contributed by atoms with Crippen molar-refractivity contribution in [3.8, 4) is 17.2 Å². The van der Waals surface area contributed by atoms with Gasteiger partial charge in [-0.25, -0.2) is 4.79 Å². The lowest BCUT2D eigenvalue weighted by Gasteiger charge is -2.24. The summed E-state index contributed by atoms with van der Waals surface area (Å²) >= 11 is 12.6. The maximum Gasteiger partial charge on any atom is 0.338 e. The molecule has 0 bridgehead atoms. The lowest BCUT2D eigenvalue weighted by Crippen LogP contribution is -2.13. The number of fused-ring (bicyclic) bond motifs is 2. The summed E-state index contributed by atoms with van der Waals surface area (Å²) in [6, 6.07) is 15.0. The quantitative estimate of drug-likeness (QED) is 0.257. The normalized spacial score (nSPS) is 12.9. The van der Waals surface area contributed by atoms with Gasteiger partial charge in [-0.3, -0.25) is 0 Å². The molecule has 0 aliphatic heterocycles. The number of esters is 1. The van der Waals surface area contributed by atoms with Crippen molar-refractivity contribution in [3.63, 3.8) is 0 Å². The van der Waals surface area contributed by atoms with Crippen LogP contribution in [-0.4, -0.2) is 5.97 Å². The van der Waals surface area contributed by atoms with E-state index in [-0.39, 0.29) is 0 Å². The average Bonchev–Trinajstić information content (AvgIpc) is 2.71. The van der Waals surface area contributed by atoms with Gasteiger partial charge >= 0.3 is 5.97 Å². The van der Waals surface area contributed by atoms with Crippen LogP contribution in [0.3, 0.4) is 0 Å². The van der Waals surface area contributed by atoms with Gasteiger partial charge in [0, 0.05) is 43.9 Å². The van der Waals surface area contributed by atoms with Crippen LogP contribution in [0.2, 0.25) is 5.02 Å². The third-order valence-electron chi connectivity index (χ3n) is 4.76. The summed E-state index contributed by atoms with van der Waals surface area (Å²) in [6.07, 6.45) is 2.97. The fourth-order valence-corrected chi connectivity index (χ4v) is 3.76. The van der Waals surface area contributed by atoms with Gasteiger partial charge in [0.2, 0.25) is 0 Å². The first kappa shape index (κ1) is 19.6. The van der Waals surface area contributed by atoms with Crippen LogP contribution in [0.15, 0.2) is 71.8 Å². The Morgan fingerprint density at radius 3 is 2.48 bits per heavy atom. The van der Waals surface area contributed by atoms with E-state index in [4.69, 9.17) is 32.7 Å². The highest BCUT2D eigenvalue weighted by Crippen LogP contribution is 2.46. The molecule has 3 aromatic carbocycles. The highest BCUT2D eigenvalue weighted by atomic mass is 35.5. The van der Waals surface area contributed by atoms with E-state index < -0.39 is 5.97 Å². The summed E-state index contributed by atoms with van der Waals surface area (Å²) in [6.45, 7) is 5.31. The van der Waals surface area contributed by atoms with Crippen molar-refractivity contribution in [3.05, 3.63) is 87.9 Å². The molecular weight excluding hydrogens is 407 g/mol. The Labute approximate surface area is 179 Å². The minimum atomic E-state index is -0.481. The molecule has 0 N–H and O–H groups in total. The standard InChI is InChI=1S/C24H18Cl2O3/c1-14(2)24(27)29-23-19-11-9-15(25)12-20(19)22(28-17-6-4-3-5-7-17)18-10-8-16(26)13-21(18)23/h3-9,11-12H,1,10,13H2,2H3. The van der Waals surface area contributed by atoms with Gasteiger partial charge in [-0.1, -0.05) is 54.1 Å². The van der Waals surface area contributed by atoms with E-state index >= 15 is 0 Å². The summed E-state index contributed by atoms with van der Waals surface area (Å²) < 4.78 is 12.1. The summed E-state index contributed by atoms with van der Waals surface area (Å²) in [5.41, 5.74) is 2.09. The lowest BCUT2D eigenvalue weighted by atomic mass is 9.90. The van der Waals surface area contributed by atoms with Crippen molar-refractivity contribution in [1.82, 2.24) is 0 Å². The van der Waals surface area contributed by atoms with Crippen molar-refractivity contribution >= 4 is 39.9 Å². The SMILES string of the molecule is C=C(C)C(=O)Oc1c2c(c(Oc3ccccc3)c3cc(Cl)ccc13)CC=C(Cl)C2. The van der Waals surface area contributed by atoms with E-state index in [1.54, 1.807) is 13.0 Å². The first-order valence-corrected chi connectivity index (χ1v) is 9.91. The second-order valence-electron chi connectivity index (χ2n) is 6.92. The molecule has 3 aromatic rings. The van der Waals surface area contributed by atoms with Crippen LogP contribution in [0.25, 0.3) is 10.8 Å². The predicted octanol–water partition coefficient (Wildman–Crippen LogP) is 6.99. The molecule has 5 heteroatoms. The van der Waals surface area contributed by atoms with Crippen LogP contribution >= 0.6 is 23.2 Å². The minimum absolute atomic E-state index is 0.322. The molecule has 0 spiro atoms. The number of para-hydroxylation sites is 1. The first-order chi connectivity index (χ1) is 13.9. The molecule has 146 valence electrons. The van der Waals surface area contributed by atoms with E-state index in [1.807, 2.05) is 48.5 Å². The zero-order valence-electron chi connectivity index (χ0n) is 15.8. The van der Waals surface area contributed by atoms with Gasteiger partial charge in [-0.15, -0.1) is 0 Å². The van der Waals surface area contributed by atoms with Crippen molar-refractivity contribution in [2.24, 2.45) is 0 Å². The van der Waals surface area contributed by atoms with Crippen molar-refractivity contribution in [2.45, 2.75) is 19.8 Å². The Hall–Kier alpha value is -2.75. The number of ether oxygens (including phenoxy) is 2. The largest absolute Gasteiger partial charge is 0.456 e. The van der Waals surface area contributed by atoms with Crippen LogP contribution in [-0.2, 0) is 17.6 Å².